The fraction of sp³-hybridized carbons (Fsp3) is 0.227. The van der Waals surface area contributed by atoms with E-state index in [4.69, 9.17) is 20.8 Å². The average Bonchev–Trinajstić information content (AvgIpc) is 3.34. The van der Waals surface area contributed by atoms with E-state index in [0.717, 1.165) is 10.8 Å². The summed E-state index contributed by atoms with van der Waals surface area (Å²) in [6, 6.07) is 10.9. The van der Waals surface area contributed by atoms with Crippen LogP contribution in [0.2, 0.25) is 4.34 Å². The minimum Gasteiger partial charge on any atom is -0.486 e. The number of aromatic nitrogens is 1. The van der Waals surface area contributed by atoms with E-state index in [2.05, 4.69) is 0 Å². The van der Waals surface area contributed by atoms with Gasteiger partial charge < -0.3 is 13.7 Å². The van der Waals surface area contributed by atoms with Gasteiger partial charge >= 0.3 is 0 Å². The van der Waals surface area contributed by atoms with Crippen LogP contribution in [0.3, 0.4) is 0 Å². The highest BCUT2D eigenvalue weighted by Crippen LogP contribution is 2.30. The number of rotatable bonds is 7. The lowest BCUT2D eigenvalue weighted by molar-refractivity contribution is 0.127. The zero-order valence-electron chi connectivity index (χ0n) is 16.8. The van der Waals surface area contributed by atoms with Crippen LogP contribution in [0.25, 0.3) is 10.8 Å². The first kappa shape index (κ1) is 21.3. The molecular formula is C22H19ClN2O5S2. The first-order chi connectivity index (χ1) is 15.4. The lowest BCUT2D eigenvalue weighted by Crippen LogP contribution is -2.51. The maximum atomic E-state index is 12.5. The van der Waals surface area contributed by atoms with Crippen LogP contribution < -0.4 is 10.2 Å². The van der Waals surface area contributed by atoms with Gasteiger partial charge in [-0.05, 0) is 16.8 Å². The summed E-state index contributed by atoms with van der Waals surface area (Å²) in [6.45, 7) is 1.34. The molecule has 0 unspecified atom stereocenters. The van der Waals surface area contributed by atoms with E-state index in [1.165, 1.54) is 39.4 Å². The van der Waals surface area contributed by atoms with Crippen LogP contribution in [0.15, 0.2) is 74.5 Å². The maximum absolute atomic E-state index is 12.5. The predicted molar refractivity (Wildman–Crippen MR) is 123 cm³/mol. The van der Waals surface area contributed by atoms with Crippen molar-refractivity contribution in [2.45, 2.75) is 11.4 Å². The van der Waals surface area contributed by atoms with Gasteiger partial charge in [0.2, 0.25) is 21.2 Å². The van der Waals surface area contributed by atoms with Crippen LogP contribution in [0.4, 0.5) is 0 Å². The van der Waals surface area contributed by atoms with E-state index in [9.17, 15) is 13.2 Å². The third-order valence-electron chi connectivity index (χ3n) is 5.38. The fourth-order valence-corrected chi connectivity index (χ4v) is 6.54. The van der Waals surface area contributed by atoms with Gasteiger partial charge in [0.25, 0.3) is 0 Å². The number of hydrogen-bond donors (Lipinski definition) is 0. The van der Waals surface area contributed by atoms with Gasteiger partial charge in [-0.2, -0.15) is 4.31 Å². The maximum Gasteiger partial charge on any atom is 0.243 e. The molecule has 1 aliphatic rings. The van der Waals surface area contributed by atoms with Crippen molar-refractivity contribution in [3.05, 3.63) is 80.8 Å². The van der Waals surface area contributed by atoms with Crippen molar-refractivity contribution < 1.29 is 17.6 Å². The number of thiophene rings is 1. The van der Waals surface area contributed by atoms with E-state index in [1.807, 2.05) is 41.2 Å². The number of halogens is 1. The smallest absolute Gasteiger partial charge is 0.243 e. The van der Waals surface area contributed by atoms with Gasteiger partial charge in [-0.25, -0.2) is 8.42 Å². The topological polar surface area (TPSA) is 81.8 Å². The number of nitrogens with zero attached hydrogens (tertiary/aromatic N) is 2. The Labute approximate surface area is 193 Å². The molecule has 5 rings (SSSR count). The molecule has 4 heterocycles. The van der Waals surface area contributed by atoms with Crippen molar-refractivity contribution in [1.82, 2.24) is 8.87 Å². The molecule has 1 saturated heterocycles. The number of sulfonamides is 1. The Bertz CT molecular complexity index is 1400. The average molecular weight is 491 g/mol. The molecule has 166 valence electrons. The van der Waals surface area contributed by atoms with Gasteiger partial charge in [0, 0.05) is 42.8 Å². The Morgan fingerprint density at radius 3 is 2.50 bits per heavy atom. The van der Waals surface area contributed by atoms with Gasteiger partial charge in [0.05, 0.1) is 22.4 Å². The summed E-state index contributed by atoms with van der Waals surface area (Å²) >= 11 is 7.03. The van der Waals surface area contributed by atoms with E-state index in [0.29, 0.717) is 29.7 Å². The van der Waals surface area contributed by atoms with E-state index in [-0.39, 0.29) is 28.6 Å². The Hall–Kier alpha value is -2.59. The van der Waals surface area contributed by atoms with Crippen molar-refractivity contribution in [2.75, 3.05) is 19.7 Å². The van der Waals surface area contributed by atoms with Crippen LogP contribution in [0.5, 0.6) is 5.75 Å². The molecular weight excluding hydrogens is 472 g/mol. The lowest BCUT2D eigenvalue weighted by atomic mass is 10.1. The Morgan fingerprint density at radius 2 is 1.88 bits per heavy atom. The van der Waals surface area contributed by atoms with E-state index < -0.39 is 10.0 Å². The van der Waals surface area contributed by atoms with Crippen molar-refractivity contribution in [3.8, 4) is 5.75 Å². The van der Waals surface area contributed by atoms with Crippen molar-refractivity contribution in [3.63, 3.8) is 0 Å². The van der Waals surface area contributed by atoms with Gasteiger partial charge in [0.15, 0.2) is 0 Å². The van der Waals surface area contributed by atoms with Gasteiger partial charge in [0.1, 0.15) is 12.0 Å². The zero-order valence-corrected chi connectivity index (χ0v) is 19.2. The van der Waals surface area contributed by atoms with Crippen LogP contribution in [-0.2, 0) is 16.6 Å². The Balaban J connectivity index is 1.17. The van der Waals surface area contributed by atoms with Crippen molar-refractivity contribution >= 4 is 43.7 Å². The molecule has 0 N–H and O–H groups in total. The molecule has 0 spiro atoms. The second-order valence-corrected chi connectivity index (χ2v) is 11.2. The number of benzene rings is 1. The third kappa shape index (κ3) is 4.21. The first-order valence-electron chi connectivity index (χ1n) is 9.92. The normalized spacial score (nSPS) is 15.2. The highest BCUT2D eigenvalue weighted by Gasteiger charge is 2.37. The monoisotopic (exact) mass is 490 g/mol. The van der Waals surface area contributed by atoms with E-state index >= 15 is 0 Å². The molecule has 1 aromatic carbocycles. The summed E-state index contributed by atoms with van der Waals surface area (Å²) in [5, 5.41) is 3.77. The van der Waals surface area contributed by atoms with Crippen LogP contribution in [0, 0.1) is 5.92 Å². The summed E-state index contributed by atoms with van der Waals surface area (Å²) < 4.78 is 40.0. The molecule has 0 radical (unpaired) electrons. The number of hydrogen-bond acceptors (Lipinski definition) is 6. The molecule has 3 aromatic heterocycles. The van der Waals surface area contributed by atoms with Crippen molar-refractivity contribution in [2.24, 2.45) is 5.92 Å². The standard InChI is InChI=1S/C22H19ClN2O5S2/c23-22-6-19(14-31-22)32(27,28)25-7-15(8-25)12-30-21-13-29-18(5-20(21)26)11-24-9-16-3-1-2-4-17(16)10-24/h1-6,9-10,13-15H,7-8,11-12H2. The summed E-state index contributed by atoms with van der Waals surface area (Å²) in [7, 11) is -3.53. The molecule has 0 atom stereocenters. The predicted octanol–water partition coefficient (Wildman–Crippen LogP) is 4.06. The molecule has 1 fully saturated rings. The molecule has 7 nitrogen and oxygen atoms in total. The lowest BCUT2D eigenvalue weighted by Gasteiger charge is -2.37. The summed E-state index contributed by atoms with van der Waals surface area (Å²) in [5.74, 6) is 0.653. The second kappa shape index (κ2) is 8.40. The Kier molecular flexibility index (Phi) is 5.58. The molecule has 0 saturated carbocycles. The molecule has 0 aliphatic carbocycles. The SMILES string of the molecule is O=c1cc(Cn2cc3ccccc3c2)occ1OCC1CN(S(=O)(=O)c2csc(Cl)c2)C1. The van der Waals surface area contributed by atoms with Gasteiger partial charge in [-0.15, -0.1) is 11.3 Å². The van der Waals surface area contributed by atoms with Crippen LogP contribution in [0.1, 0.15) is 5.76 Å². The summed E-state index contributed by atoms with van der Waals surface area (Å²) in [6.07, 6.45) is 5.32. The molecule has 10 heteroatoms. The van der Waals surface area contributed by atoms with Gasteiger partial charge in [-0.3, -0.25) is 4.79 Å². The molecule has 1 aliphatic heterocycles. The third-order valence-corrected chi connectivity index (χ3v) is 8.43. The summed E-state index contributed by atoms with van der Waals surface area (Å²) in [4.78, 5) is 12.6. The van der Waals surface area contributed by atoms with Crippen LogP contribution in [-0.4, -0.2) is 37.0 Å². The zero-order chi connectivity index (χ0) is 22.3. The highest BCUT2D eigenvalue weighted by atomic mass is 35.5. The Morgan fingerprint density at radius 1 is 1.16 bits per heavy atom. The minimum atomic E-state index is -3.53. The van der Waals surface area contributed by atoms with Crippen LogP contribution >= 0.6 is 22.9 Å². The largest absolute Gasteiger partial charge is 0.486 e. The molecule has 0 bridgehead atoms. The quantitative estimate of drug-likeness (QED) is 0.390. The fourth-order valence-electron chi connectivity index (χ4n) is 3.65. The number of fused-ring (bicyclic) bond motifs is 1. The molecule has 0 amide bonds. The molecule has 32 heavy (non-hydrogen) atoms. The minimum absolute atomic E-state index is 0.00487. The molecule has 4 aromatic rings. The van der Waals surface area contributed by atoms with E-state index in [1.54, 1.807) is 0 Å². The van der Waals surface area contributed by atoms with Gasteiger partial charge in [-0.1, -0.05) is 35.9 Å². The number of ether oxygens (including phenoxy) is 1. The second-order valence-electron chi connectivity index (χ2n) is 7.72. The van der Waals surface area contributed by atoms with Crippen molar-refractivity contribution in [1.29, 1.82) is 0 Å². The summed E-state index contributed by atoms with van der Waals surface area (Å²) in [5.41, 5.74) is -0.264. The first-order valence-corrected chi connectivity index (χ1v) is 12.6. The highest BCUT2D eigenvalue weighted by molar-refractivity contribution is 7.89.